The molecule has 1 aliphatic carbocycles. The minimum Gasteiger partial charge on any atom is -0.489 e. The lowest BCUT2D eigenvalue weighted by Crippen LogP contribution is -2.59. The van der Waals surface area contributed by atoms with Crippen LogP contribution in [0.5, 0.6) is 5.75 Å². The molecule has 0 amide bonds. The number of ether oxygens (including phenoxy) is 1. The molecule has 0 radical (unpaired) electrons. The van der Waals surface area contributed by atoms with Gasteiger partial charge in [0.25, 0.3) is 0 Å². The molecule has 2 atom stereocenters. The fourth-order valence-electron chi connectivity index (χ4n) is 2.76. The van der Waals surface area contributed by atoms with Gasteiger partial charge in [-0.05, 0) is 47.6 Å². The van der Waals surface area contributed by atoms with Crippen molar-refractivity contribution in [3.8, 4) is 5.75 Å². The van der Waals surface area contributed by atoms with Crippen molar-refractivity contribution < 1.29 is 9.84 Å². The van der Waals surface area contributed by atoms with Crippen molar-refractivity contribution in [2.24, 2.45) is 5.41 Å². The Morgan fingerprint density at radius 1 is 1.35 bits per heavy atom. The summed E-state index contributed by atoms with van der Waals surface area (Å²) >= 11 is 2.29. The molecule has 1 N–H and O–H groups in total. The van der Waals surface area contributed by atoms with E-state index in [4.69, 9.17) is 4.74 Å². The molecule has 17 heavy (non-hydrogen) atoms. The third-order valence-corrected chi connectivity index (χ3v) is 5.06. The van der Waals surface area contributed by atoms with Crippen LogP contribution in [0.3, 0.4) is 0 Å². The van der Waals surface area contributed by atoms with E-state index in [1.807, 2.05) is 24.3 Å². The summed E-state index contributed by atoms with van der Waals surface area (Å²) in [6.45, 7) is 4.27. The Kier molecular flexibility index (Phi) is 3.98. The molecule has 1 aromatic carbocycles. The molecule has 0 heterocycles. The van der Waals surface area contributed by atoms with Crippen molar-refractivity contribution >= 4 is 22.6 Å². The number of halogens is 1. The molecule has 1 aromatic rings. The van der Waals surface area contributed by atoms with Gasteiger partial charge in [-0.1, -0.05) is 26.0 Å². The second kappa shape index (κ2) is 5.14. The predicted molar refractivity (Wildman–Crippen MR) is 77.2 cm³/mol. The zero-order valence-corrected chi connectivity index (χ0v) is 12.5. The van der Waals surface area contributed by atoms with Gasteiger partial charge in [-0.15, -0.1) is 0 Å². The first kappa shape index (κ1) is 13.1. The Balaban J connectivity index is 2.13. The predicted octanol–water partition coefficient (Wildman–Crippen LogP) is 3.61. The average Bonchev–Trinajstić information content (AvgIpc) is 2.33. The van der Waals surface area contributed by atoms with Crippen LogP contribution >= 0.6 is 22.6 Å². The highest BCUT2D eigenvalue weighted by atomic mass is 127. The SMILES string of the molecule is CCC1(CC)C(O)CC1Oc1ccccc1I. The average molecular weight is 346 g/mol. The summed E-state index contributed by atoms with van der Waals surface area (Å²) in [5, 5.41) is 9.99. The van der Waals surface area contributed by atoms with E-state index >= 15 is 0 Å². The normalized spacial score (nSPS) is 26.4. The van der Waals surface area contributed by atoms with Gasteiger partial charge in [0.15, 0.2) is 0 Å². The van der Waals surface area contributed by atoms with Gasteiger partial charge in [-0.2, -0.15) is 0 Å². The van der Waals surface area contributed by atoms with Crippen LogP contribution in [0, 0.1) is 8.99 Å². The quantitative estimate of drug-likeness (QED) is 0.844. The van der Waals surface area contributed by atoms with Crippen LogP contribution in [-0.4, -0.2) is 17.3 Å². The number of aliphatic hydroxyl groups excluding tert-OH is 1. The monoisotopic (exact) mass is 346 g/mol. The van der Waals surface area contributed by atoms with Gasteiger partial charge in [-0.3, -0.25) is 0 Å². The molecule has 1 fully saturated rings. The molecule has 0 aromatic heterocycles. The van der Waals surface area contributed by atoms with E-state index in [-0.39, 0.29) is 17.6 Å². The van der Waals surface area contributed by atoms with E-state index in [1.165, 1.54) is 0 Å². The van der Waals surface area contributed by atoms with Crippen molar-refractivity contribution in [1.82, 2.24) is 0 Å². The molecular weight excluding hydrogens is 327 g/mol. The number of benzene rings is 1. The van der Waals surface area contributed by atoms with Gasteiger partial charge in [0, 0.05) is 11.8 Å². The van der Waals surface area contributed by atoms with Gasteiger partial charge in [0.05, 0.1) is 9.67 Å². The summed E-state index contributed by atoms with van der Waals surface area (Å²) in [6, 6.07) is 8.05. The molecule has 0 spiro atoms. The lowest BCUT2D eigenvalue weighted by Gasteiger charge is -2.52. The fourth-order valence-corrected chi connectivity index (χ4v) is 3.28. The highest BCUT2D eigenvalue weighted by Crippen LogP contribution is 2.49. The lowest BCUT2D eigenvalue weighted by atomic mass is 9.60. The summed E-state index contributed by atoms with van der Waals surface area (Å²) in [4.78, 5) is 0. The standard InChI is InChI=1S/C14H19IO2/c1-3-14(4-2)12(16)9-13(14)17-11-8-6-5-7-10(11)15/h5-8,12-13,16H,3-4,9H2,1-2H3. The summed E-state index contributed by atoms with van der Waals surface area (Å²) in [5.41, 5.74) is -0.0427. The van der Waals surface area contributed by atoms with Gasteiger partial charge in [0.2, 0.25) is 0 Å². The van der Waals surface area contributed by atoms with Crippen LogP contribution in [0.2, 0.25) is 0 Å². The zero-order valence-electron chi connectivity index (χ0n) is 10.3. The highest BCUT2D eigenvalue weighted by molar-refractivity contribution is 14.1. The van der Waals surface area contributed by atoms with Gasteiger partial charge >= 0.3 is 0 Å². The van der Waals surface area contributed by atoms with Crippen molar-refractivity contribution in [3.63, 3.8) is 0 Å². The van der Waals surface area contributed by atoms with Gasteiger partial charge < -0.3 is 9.84 Å². The van der Waals surface area contributed by atoms with Gasteiger partial charge in [0.1, 0.15) is 11.9 Å². The van der Waals surface area contributed by atoms with Crippen LogP contribution < -0.4 is 4.74 Å². The highest BCUT2D eigenvalue weighted by Gasteiger charge is 2.53. The first-order chi connectivity index (χ1) is 8.14. The molecular formula is C14H19IO2. The summed E-state index contributed by atoms with van der Waals surface area (Å²) in [6.07, 6.45) is 2.65. The Bertz CT molecular complexity index is 388. The molecule has 0 saturated heterocycles. The van der Waals surface area contributed by atoms with E-state index in [0.29, 0.717) is 0 Å². The third-order valence-electron chi connectivity index (χ3n) is 4.16. The maximum atomic E-state index is 9.99. The second-order valence-corrected chi connectivity index (χ2v) is 5.89. The molecule has 2 rings (SSSR count). The Morgan fingerprint density at radius 3 is 2.53 bits per heavy atom. The number of hydrogen-bond donors (Lipinski definition) is 1. The maximum Gasteiger partial charge on any atom is 0.133 e. The Morgan fingerprint density at radius 2 is 2.00 bits per heavy atom. The molecule has 0 aliphatic heterocycles. The first-order valence-electron chi connectivity index (χ1n) is 6.23. The topological polar surface area (TPSA) is 29.5 Å². The fraction of sp³-hybridized carbons (Fsp3) is 0.571. The van der Waals surface area contributed by atoms with Crippen molar-refractivity contribution in [2.45, 2.75) is 45.3 Å². The number of rotatable bonds is 4. The second-order valence-electron chi connectivity index (χ2n) is 4.73. The Labute approximate surface area is 117 Å². The zero-order chi connectivity index (χ0) is 12.5. The van der Waals surface area contributed by atoms with Crippen molar-refractivity contribution in [2.75, 3.05) is 0 Å². The van der Waals surface area contributed by atoms with Crippen molar-refractivity contribution in [1.29, 1.82) is 0 Å². The van der Waals surface area contributed by atoms with Crippen LogP contribution in [-0.2, 0) is 0 Å². The molecule has 94 valence electrons. The van der Waals surface area contributed by atoms with E-state index < -0.39 is 0 Å². The third kappa shape index (κ3) is 2.19. The first-order valence-corrected chi connectivity index (χ1v) is 7.31. The number of hydrogen-bond acceptors (Lipinski definition) is 2. The number of para-hydroxylation sites is 1. The van der Waals surface area contributed by atoms with E-state index in [9.17, 15) is 5.11 Å². The molecule has 3 heteroatoms. The molecule has 1 saturated carbocycles. The number of aliphatic hydroxyl groups is 1. The van der Waals surface area contributed by atoms with E-state index in [0.717, 1.165) is 28.6 Å². The van der Waals surface area contributed by atoms with E-state index in [1.54, 1.807) is 0 Å². The summed E-state index contributed by atoms with van der Waals surface area (Å²) in [7, 11) is 0. The summed E-state index contributed by atoms with van der Waals surface area (Å²) < 4.78 is 7.21. The largest absolute Gasteiger partial charge is 0.489 e. The molecule has 2 unspecified atom stereocenters. The summed E-state index contributed by atoms with van der Waals surface area (Å²) in [5.74, 6) is 0.941. The van der Waals surface area contributed by atoms with E-state index in [2.05, 4.69) is 36.4 Å². The van der Waals surface area contributed by atoms with Crippen LogP contribution in [0.25, 0.3) is 0 Å². The molecule has 0 bridgehead atoms. The molecule has 1 aliphatic rings. The minimum absolute atomic E-state index is 0.0427. The van der Waals surface area contributed by atoms with Crippen LogP contribution in [0.4, 0.5) is 0 Å². The smallest absolute Gasteiger partial charge is 0.133 e. The van der Waals surface area contributed by atoms with Gasteiger partial charge in [-0.25, -0.2) is 0 Å². The lowest BCUT2D eigenvalue weighted by molar-refractivity contribution is -0.159. The maximum absolute atomic E-state index is 9.99. The molecule has 2 nitrogen and oxygen atoms in total. The van der Waals surface area contributed by atoms with Crippen LogP contribution in [0.15, 0.2) is 24.3 Å². The Hall–Kier alpha value is -0.290. The van der Waals surface area contributed by atoms with Crippen LogP contribution in [0.1, 0.15) is 33.1 Å². The minimum atomic E-state index is -0.205. The van der Waals surface area contributed by atoms with Crippen molar-refractivity contribution in [3.05, 3.63) is 27.8 Å².